The first-order chi connectivity index (χ1) is 13.8. The summed E-state index contributed by atoms with van der Waals surface area (Å²) in [6.45, 7) is 4.10. The van der Waals surface area contributed by atoms with E-state index in [2.05, 4.69) is 24.1 Å². The maximum Gasteiger partial charge on any atom is 0.332 e. The molecule has 0 fully saturated rings. The van der Waals surface area contributed by atoms with E-state index in [1.807, 2.05) is 0 Å². The van der Waals surface area contributed by atoms with Gasteiger partial charge in [0.05, 0.1) is 6.33 Å². The number of fused-ring (bicyclic) bond motifs is 1. The molecular formula is C19H29N5O5. The third-order valence-corrected chi connectivity index (χ3v) is 5.01. The predicted molar refractivity (Wildman–Crippen MR) is 107 cm³/mol. The monoisotopic (exact) mass is 407 g/mol. The molecule has 2 heterocycles. The Bertz CT molecular complexity index is 987. The van der Waals surface area contributed by atoms with Gasteiger partial charge >= 0.3 is 11.7 Å². The fourth-order valence-electron chi connectivity index (χ4n) is 3.10. The van der Waals surface area contributed by atoms with Gasteiger partial charge in [-0.2, -0.15) is 0 Å². The maximum absolute atomic E-state index is 12.4. The summed E-state index contributed by atoms with van der Waals surface area (Å²) in [6, 6.07) is 0. The minimum Gasteiger partial charge on any atom is -0.454 e. The zero-order chi connectivity index (χ0) is 21.6. The average molecular weight is 407 g/mol. The number of rotatable bonds is 10. The van der Waals surface area contributed by atoms with Gasteiger partial charge in [-0.3, -0.25) is 23.5 Å². The van der Waals surface area contributed by atoms with Crippen LogP contribution >= 0.6 is 0 Å². The molecule has 0 spiro atoms. The second-order valence-electron chi connectivity index (χ2n) is 7.13. The first kappa shape index (κ1) is 22.4. The maximum atomic E-state index is 12.4. The lowest BCUT2D eigenvalue weighted by molar-refractivity contribution is -0.149. The second kappa shape index (κ2) is 10.0. The Labute approximate surface area is 168 Å². The van der Waals surface area contributed by atoms with Gasteiger partial charge in [0.1, 0.15) is 6.54 Å². The van der Waals surface area contributed by atoms with Gasteiger partial charge in [-0.15, -0.1) is 0 Å². The molecule has 0 aliphatic rings. The van der Waals surface area contributed by atoms with Gasteiger partial charge in [0.2, 0.25) is 0 Å². The minimum atomic E-state index is -0.673. The highest BCUT2D eigenvalue weighted by Gasteiger charge is 2.17. The van der Waals surface area contributed by atoms with Crippen molar-refractivity contribution in [2.45, 2.75) is 46.1 Å². The summed E-state index contributed by atoms with van der Waals surface area (Å²) in [7, 11) is 2.85. The van der Waals surface area contributed by atoms with Gasteiger partial charge in [0.15, 0.2) is 17.8 Å². The zero-order valence-electron chi connectivity index (χ0n) is 17.4. The molecule has 2 rings (SSSR count). The van der Waals surface area contributed by atoms with E-state index >= 15 is 0 Å². The molecule has 2 aromatic rings. The molecule has 0 unspecified atom stereocenters. The van der Waals surface area contributed by atoms with Crippen molar-refractivity contribution in [3.8, 4) is 0 Å². The molecule has 0 aromatic carbocycles. The van der Waals surface area contributed by atoms with Gasteiger partial charge in [-0.25, -0.2) is 9.78 Å². The number of imidazole rings is 1. The zero-order valence-corrected chi connectivity index (χ0v) is 17.4. The summed E-state index contributed by atoms with van der Waals surface area (Å²) < 4.78 is 8.51. The van der Waals surface area contributed by atoms with E-state index in [1.165, 1.54) is 29.6 Å². The number of carbonyl (C=O) groups is 2. The van der Waals surface area contributed by atoms with Crippen molar-refractivity contribution in [1.82, 2.24) is 24.0 Å². The van der Waals surface area contributed by atoms with Crippen molar-refractivity contribution in [3.63, 3.8) is 0 Å². The highest BCUT2D eigenvalue weighted by atomic mass is 16.5. The summed E-state index contributed by atoms with van der Waals surface area (Å²) in [4.78, 5) is 52.4. The number of aryl methyl sites for hydroxylation is 1. The predicted octanol–water partition coefficient (Wildman–Crippen LogP) is 0.310. The average Bonchev–Trinajstić information content (AvgIpc) is 3.12. The number of unbranched alkanes of at least 4 members (excludes halogenated alkanes) is 1. The largest absolute Gasteiger partial charge is 0.454 e. The van der Waals surface area contributed by atoms with Crippen molar-refractivity contribution in [2.75, 3.05) is 13.2 Å². The lowest BCUT2D eigenvalue weighted by Crippen LogP contribution is -2.37. The molecule has 29 heavy (non-hydrogen) atoms. The Kier molecular flexibility index (Phi) is 7.74. The molecule has 2 aromatic heterocycles. The molecular weight excluding hydrogens is 378 g/mol. The van der Waals surface area contributed by atoms with Crippen molar-refractivity contribution < 1.29 is 14.3 Å². The lowest BCUT2D eigenvalue weighted by Gasteiger charge is -2.15. The third kappa shape index (κ3) is 5.33. The Hall–Kier alpha value is -2.91. The summed E-state index contributed by atoms with van der Waals surface area (Å²) in [5, 5.41) is 2.79. The van der Waals surface area contributed by atoms with Crippen LogP contribution in [0.3, 0.4) is 0 Å². The van der Waals surface area contributed by atoms with Crippen LogP contribution in [0.25, 0.3) is 11.2 Å². The lowest BCUT2D eigenvalue weighted by atomic mass is 9.99. The molecule has 0 saturated heterocycles. The molecule has 0 aliphatic heterocycles. The fraction of sp³-hybridized carbons (Fsp3) is 0.632. The molecule has 160 valence electrons. The number of ether oxygens (including phenoxy) is 1. The molecule has 1 N–H and O–H groups in total. The van der Waals surface area contributed by atoms with Crippen LogP contribution < -0.4 is 16.6 Å². The summed E-state index contributed by atoms with van der Waals surface area (Å²) >= 11 is 0. The SMILES string of the molecule is CCCC[C@H](CC)CNC(=O)COC(=O)Cn1cnc2c1c(=O)n(C)c(=O)n2C. The van der Waals surface area contributed by atoms with Crippen LogP contribution in [0.4, 0.5) is 0 Å². The quantitative estimate of drug-likeness (QED) is 0.567. The Morgan fingerprint density at radius 3 is 2.59 bits per heavy atom. The summed E-state index contributed by atoms with van der Waals surface area (Å²) in [6.07, 6.45) is 5.56. The Morgan fingerprint density at radius 2 is 1.93 bits per heavy atom. The molecule has 1 atom stereocenters. The second-order valence-corrected chi connectivity index (χ2v) is 7.13. The smallest absolute Gasteiger partial charge is 0.332 e. The number of esters is 1. The Morgan fingerprint density at radius 1 is 1.21 bits per heavy atom. The number of carbonyl (C=O) groups excluding carboxylic acids is 2. The molecule has 0 radical (unpaired) electrons. The van der Waals surface area contributed by atoms with Crippen LogP contribution in [-0.2, 0) is 35.0 Å². The highest BCUT2D eigenvalue weighted by Crippen LogP contribution is 2.11. The normalized spacial score (nSPS) is 12.1. The van der Waals surface area contributed by atoms with E-state index in [0.717, 1.165) is 30.3 Å². The van der Waals surface area contributed by atoms with E-state index in [4.69, 9.17) is 4.74 Å². The summed E-state index contributed by atoms with van der Waals surface area (Å²) in [5.74, 6) is -0.620. The standard InChI is InChI=1S/C19H29N5O5/c1-5-7-8-13(6-2)9-20-14(25)11-29-15(26)10-24-12-21-17-16(24)18(27)23(4)19(28)22(17)3/h12-13H,5-11H2,1-4H3,(H,20,25)/t13-/m0/s1. The van der Waals surface area contributed by atoms with Gasteiger partial charge in [-0.1, -0.05) is 33.1 Å². The fourth-order valence-corrected chi connectivity index (χ4v) is 3.10. The van der Waals surface area contributed by atoms with Gasteiger partial charge in [0.25, 0.3) is 11.5 Å². The minimum absolute atomic E-state index is 0.123. The van der Waals surface area contributed by atoms with Crippen molar-refractivity contribution in [1.29, 1.82) is 0 Å². The van der Waals surface area contributed by atoms with Crippen LogP contribution in [0.15, 0.2) is 15.9 Å². The molecule has 0 bridgehead atoms. The Balaban J connectivity index is 1.94. The molecule has 0 saturated carbocycles. The number of amides is 1. The number of aromatic nitrogens is 4. The molecule has 1 amide bonds. The van der Waals surface area contributed by atoms with Crippen LogP contribution in [0.2, 0.25) is 0 Å². The van der Waals surface area contributed by atoms with Gasteiger partial charge in [0, 0.05) is 20.6 Å². The van der Waals surface area contributed by atoms with E-state index in [1.54, 1.807) is 0 Å². The van der Waals surface area contributed by atoms with E-state index in [0.29, 0.717) is 12.5 Å². The van der Waals surface area contributed by atoms with Crippen LogP contribution in [-0.4, -0.2) is 43.7 Å². The van der Waals surface area contributed by atoms with E-state index in [-0.39, 0.29) is 30.2 Å². The van der Waals surface area contributed by atoms with Gasteiger partial charge in [-0.05, 0) is 12.3 Å². The summed E-state index contributed by atoms with van der Waals surface area (Å²) in [5.41, 5.74) is -0.751. The van der Waals surface area contributed by atoms with Crippen molar-refractivity contribution in [2.24, 2.45) is 20.0 Å². The molecule has 0 aliphatic carbocycles. The number of nitrogens with zero attached hydrogens (tertiary/aromatic N) is 4. The van der Waals surface area contributed by atoms with Crippen LogP contribution in [0, 0.1) is 5.92 Å². The molecule has 10 nitrogen and oxygen atoms in total. The van der Waals surface area contributed by atoms with Crippen molar-refractivity contribution >= 4 is 23.0 Å². The van der Waals surface area contributed by atoms with Crippen molar-refractivity contribution in [3.05, 3.63) is 27.2 Å². The third-order valence-electron chi connectivity index (χ3n) is 5.01. The van der Waals surface area contributed by atoms with Crippen LogP contribution in [0.5, 0.6) is 0 Å². The number of hydrogen-bond acceptors (Lipinski definition) is 6. The first-order valence-electron chi connectivity index (χ1n) is 9.83. The van der Waals surface area contributed by atoms with Crippen LogP contribution in [0.1, 0.15) is 39.5 Å². The van der Waals surface area contributed by atoms with Gasteiger partial charge < -0.3 is 14.6 Å². The topological polar surface area (TPSA) is 117 Å². The van der Waals surface area contributed by atoms with E-state index in [9.17, 15) is 19.2 Å². The number of nitrogens with one attached hydrogen (secondary N) is 1. The van der Waals surface area contributed by atoms with E-state index < -0.39 is 17.2 Å². The highest BCUT2D eigenvalue weighted by molar-refractivity contribution is 5.81. The number of hydrogen-bond donors (Lipinski definition) is 1. The molecule has 10 heteroatoms. The first-order valence-corrected chi connectivity index (χ1v) is 9.83.